The first-order valence-electron chi connectivity index (χ1n) is 11.2. The van der Waals surface area contributed by atoms with Gasteiger partial charge in [-0.15, -0.1) is 0 Å². The molecule has 0 saturated carbocycles. The molecular weight excluding hydrogens is 388 g/mol. The van der Waals surface area contributed by atoms with Crippen LogP contribution in [0.1, 0.15) is 50.4 Å². The molecule has 6 heteroatoms. The zero-order valence-electron chi connectivity index (χ0n) is 19.9. The molecule has 170 valence electrons. The van der Waals surface area contributed by atoms with E-state index in [-0.39, 0.29) is 24.4 Å². The zero-order chi connectivity index (χ0) is 23.0. The molecular formula is C25H38N4O2. The Morgan fingerprint density at radius 1 is 1.06 bits per heavy atom. The van der Waals surface area contributed by atoms with Crippen LogP contribution in [0.5, 0.6) is 0 Å². The molecule has 0 atom stereocenters. The normalized spacial score (nSPS) is 10.9. The van der Waals surface area contributed by atoms with Gasteiger partial charge in [-0.1, -0.05) is 45.4 Å². The molecule has 2 aromatic rings. The second kappa shape index (κ2) is 11.6. The molecule has 1 heterocycles. The smallest absolute Gasteiger partial charge is 0.322 e. The molecule has 2 rings (SSSR count). The summed E-state index contributed by atoms with van der Waals surface area (Å²) in [6.07, 6.45) is 3.94. The Balaban J connectivity index is 2.16. The molecule has 0 bridgehead atoms. The van der Waals surface area contributed by atoms with Gasteiger partial charge in [0.15, 0.2) is 0 Å². The number of amides is 3. The molecule has 0 radical (unpaired) electrons. The van der Waals surface area contributed by atoms with Gasteiger partial charge in [-0.05, 0) is 49.4 Å². The first kappa shape index (κ1) is 24.5. The van der Waals surface area contributed by atoms with E-state index < -0.39 is 0 Å². The van der Waals surface area contributed by atoms with Crippen molar-refractivity contribution in [3.05, 3.63) is 53.3 Å². The van der Waals surface area contributed by atoms with E-state index in [2.05, 4.69) is 26.1 Å². The highest BCUT2D eigenvalue weighted by atomic mass is 16.2. The van der Waals surface area contributed by atoms with Crippen molar-refractivity contribution in [1.82, 2.24) is 14.4 Å². The van der Waals surface area contributed by atoms with Gasteiger partial charge in [0, 0.05) is 37.7 Å². The van der Waals surface area contributed by atoms with E-state index in [0.717, 1.165) is 35.3 Å². The molecule has 0 unspecified atom stereocenters. The number of carbonyl (C=O) groups excluding carboxylic acids is 2. The van der Waals surface area contributed by atoms with Crippen LogP contribution in [0.2, 0.25) is 0 Å². The van der Waals surface area contributed by atoms with Crippen LogP contribution in [-0.2, 0) is 18.4 Å². The second-order valence-electron chi connectivity index (χ2n) is 8.75. The number of aromatic nitrogens is 1. The number of benzene rings is 1. The Labute approximate surface area is 187 Å². The molecule has 0 aliphatic rings. The summed E-state index contributed by atoms with van der Waals surface area (Å²) in [5, 5.41) is 3.04. The Bertz CT molecular complexity index is 852. The SMILES string of the molecule is CCCCN(Cc1cccn1C)C(=O)CN(CC(C)C)C(=O)Nc1c(C)cccc1C. The highest BCUT2D eigenvalue weighted by molar-refractivity contribution is 5.93. The lowest BCUT2D eigenvalue weighted by molar-refractivity contribution is -0.132. The number of rotatable bonds is 10. The number of urea groups is 1. The molecule has 0 aliphatic heterocycles. The molecule has 0 spiro atoms. The number of anilines is 1. The quantitative estimate of drug-likeness (QED) is 0.584. The van der Waals surface area contributed by atoms with Crippen LogP contribution in [-0.4, -0.2) is 45.9 Å². The minimum atomic E-state index is -0.228. The van der Waals surface area contributed by atoms with Crippen molar-refractivity contribution in [1.29, 1.82) is 0 Å². The predicted molar refractivity (Wildman–Crippen MR) is 127 cm³/mol. The molecule has 0 aliphatic carbocycles. The fraction of sp³-hybridized carbons (Fsp3) is 0.520. The molecule has 1 aromatic heterocycles. The zero-order valence-corrected chi connectivity index (χ0v) is 19.9. The van der Waals surface area contributed by atoms with Crippen LogP contribution in [0.25, 0.3) is 0 Å². The highest BCUT2D eigenvalue weighted by Crippen LogP contribution is 2.20. The van der Waals surface area contributed by atoms with Gasteiger partial charge in [0.05, 0.1) is 6.54 Å². The van der Waals surface area contributed by atoms with Gasteiger partial charge in [-0.25, -0.2) is 4.79 Å². The maximum absolute atomic E-state index is 13.3. The van der Waals surface area contributed by atoms with E-state index in [1.165, 1.54) is 0 Å². The number of para-hydroxylation sites is 1. The molecule has 0 saturated heterocycles. The Hall–Kier alpha value is -2.76. The second-order valence-corrected chi connectivity index (χ2v) is 8.75. The number of hydrogen-bond donors (Lipinski definition) is 1. The van der Waals surface area contributed by atoms with E-state index in [0.29, 0.717) is 19.6 Å². The van der Waals surface area contributed by atoms with Crippen molar-refractivity contribution >= 4 is 17.6 Å². The molecule has 31 heavy (non-hydrogen) atoms. The van der Waals surface area contributed by atoms with Gasteiger partial charge in [-0.3, -0.25) is 4.79 Å². The van der Waals surface area contributed by atoms with Crippen molar-refractivity contribution in [2.75, 3.05) is 25.0 Å². The van der Waals surface area contributed by atoms with Crippen LogP contribution in [0.3, 0.4) is 0 Å². The Morgan fingerprint density at radius 3 is 2.29 bits per heavy atom. The minimum Gasteiger partial charge on any atom is -0.353 e. The summed E-state index contributed by atoms with van der Waals surface area (Å²) >= 11 is 0. The van der Waals surface area contributed by atoms with Gasteiger partial charge in [0.2, 0.25) is 5.91 Å². The van der Waals surface area contributed by atoms with Crippen LogP contribution >= 0.6 is 0 Å². The number of nitrogens with one attached hydrogen (secondary N) is 1. The third kappa shape index (κ3) is 7.16. The van der Waals surface area contributed by atoms with Crippen molar-refractivity contribution in [2.45, 2.75) is 54.0 Å². The molecule has 3 amide bonds. The van der Waals surface area contributed by atoms with E-state index in [9.17, 15) is 9.59 Å². The van der Waals surface area contributed by atoms with Crippen LogP contribution in [0.4, 0.5) is 10.5 Å². The van der Waals surface area contributed by atoms with E-state index in [1.54, 1.807) is 4.90 Å². The van der Waals surface area contributed by atoms with Crippen LogP contribution in [0, 0.1) is 19.8 Å². The number of carbonyl (C=O) groups is 2. The molecule has 0 fully saturated rings. The van der Waals surface area contributed by atoms with Crippen molar-refractivity contribution in [2.24, 2.45) is 13.0 Å². The summed E-state index contributed by atoms with van der Waals surface area (Å²) in [6, 6.07) is 9.73. The average Bonchev–Trinajstić information content (AvgIpc) is 3.11. The first-order valence-corrected chi connectivity index (χ1v) is 11.2. The Kier molecular flexibility index (Phi) is 9.16. The first-order chi connectivity index (χ1) is 14.7. The van der Waals surface area contributed by atoms with E-state index in [4.69, 9.17) is 0 Å². The van der Waals surface area contributed by atoms with E-state index >= 15 is 0 Å². The number of hydrogen-bond acceptors (Lipinski definition) is 2. The monoisotopic (exact) mass is 426 g/mol. The summed E-state index contributed by atoms with van der Waals surface area (Å²) in [5.74, 6) is 0.237. The van der Waals surface area contributed by atoms with Gasteiger partial charge in [0.25, 0.3) is 0 Å². The van der Waals surface area contributed by atoms with Crippen molar-refractivity contribution in [3.63, 3.8) is 0 Å². The van der Waals surface area contributed by atoms with Gasteiger partial charge < -0.3 is 19.7 Å². The van der Waals surface area contributed by atoms with Gasteiger partial charge in [0.1, 0.15) is 6.54 Å². The highest BCUT2D eigenvalue weighted by Gasteiger charge is 2.23. The summed E-state index contributed by atoms with van der Waals surface area (Å²) in [6.45, 7) is 12.0. The third-order valence-electron chi connectivity index (χ3n) is 5.45. The Morgan fingerprint density at radius 2 is 1.74 bits per heavy atom. The molecule has 6 nitrogen and oxygen atoms in total. The largest absolute Gasteiger partial charge is 0.353 e. The maximum Gasteiger partial charge on any atom is 0.322 e. The fourth-order valence-electron chi connectivity index (χ4n) is 3.62. The summed E-state index contributed by atoms with van der Waals surface area (Å²) in [4.78, 5) is 29.9. The number of aryl methyl sites for hydroxylation is 3. The standard InChI is InChI=1S/C25H38N4O2/c1-7-8-15-28(17-22-13-10-14-27(22)6)23(30)18-29(16-19(2)3)25(31)26-24-20(4)11-9-12-21(24)5/h9-14,19H,7-8,15-18H2,1-6H3,(H,26,31). The number of nitrogens with zero attached hydrogens (tertiary/aromatic N) is 3. The average molecular weight is 427 g/mol. The van der Waals surface area contributed by atoms with Gasteiger partial charge >= 0.3 is 6.03 Å². The lowest BCUT2D eigenvalue weighted by Gasteiger charge is -2.29. The van der Waals surface area contributed by atoms with Crippen LogP contribution in [0.15, 0.2) is 36.5 Å². The van der Waals surface area contributed by atoms with Crippen molar-refractivity contribution in [3.8, 4) is 0 Å². The van der Waals surface area contributed by atoms with E-state index in [1.807, 2.05) is 66.9 Å². The van der Waals surface area contributed by atoms with Crippen LogP contribution < -0.4 is 5.32 Å². The summed E-state index contributed by atoms with van der Waals surface area (Å²) in [7, 11) is 1.99. The lowest BCUT2D eigenvalue weighted by atomic mass is 10.1. The fourth-order valence-corrected chi connectivity index (χ4v) is 3.62. The lowest BCUT2D eigenvalue weighted by Crippen LogP contribution is -2.46. The molecule has 1 N–H and O–H groups in total. The summed E-state index contributed by atoms with van der Waals surface area (Å²) < 4.78 is 2.03. The topological polar surface area (TPSA) is 57.6 Å². The van der Waals surface area contributed by atoms with Crippen molar-refractivity contribution < 1.29 is 9.59 Å². The predicted octanol–water partition coefficient (Wildman–Crippen LogP) is 4.96. The minimum absolute atomic E-state index is 0.0213. The van der Waals surface area contributed by atoms with Gasteiger partial charge in [-0.2, -0.15) is 0 Å². The molecule has 1 aromatic carbocycles. The third-order valence-corrected chi connectivity index (χ3v) is 5.45. The summed E-state index contributed by atoms with van der Waals surface area (Å²) in [5.41, 5.74) is 3.93. The maximum atomic E-state index is 13.3. The number of unbranched alkanes of at least 4 members (excludes halogenated alkanes) is 1.